The first-order valence-electron chi connectivity index (χ1n) is 5.82. The summed E-state index contributed by atoms with van der Waals surface area (Å²) < 4.78 is 30.6. The van der Waals surface area contributed by atoms with Gasteiger partial charge in [0.05, 0.1) is 18.9 Å². The van der Waals surface area contributed by atoms with Crippen LogP contribution >= 0.6 is 0 Å². The minimum absolute atomic E-state index is 0.0554. The van der Waals surface area contributed by atoms with Crippen LogP contribution in [0, 0.1) is 11.8 Å². The summed E-state index contributed by atoms with van der Waals surface area (Å²) in [6, 6.07) is 7.36. The maximum atomic E-state index is 11.6. The van der Waals surface area contributed by atoms with Crippen LogP contribution in [0.2, 0.25) is 0 Å². The number of sulfonamides is 1. The van der Waals surface area contributed by atoms with Crippen molar-refractivity contribution in [3.05, 3.63) is 35.4 Å². The fraction of sp³-hybridized carbons (Fsp3) is 0.385. The van der Waals surface area contributed by atoms with Crippen LogP contribution in [0.3, 0.4) is 0 Å². The van der Waals surface area contributed by atoms with Gasteiger partial charge in [-0.25, -0.2) is 13.1 Å². The van der Waals surface area contributed by atoms with E-state index in [4.69, 9.17) is 10.5 Å². The molecule has 3 N–H and O–H groups in total. The Balaban J connectivity index is 2.72. The SMILES string of the molecule is COCCS(=O)(=O)NCc1ccccc1C#CCN. The Hall–Kier alpha value is -1.39. The molecular weight excluding hydrogens is 264 g/mol. The highest BCUT2D eigenvalue weighted by Crippen LogP contribution is 2.07. The molecule has 6 heteroatoms. The Kier molecular flexibility index (Phi) is 6.53. The summed E-state index contributed by atoms with van der Waals surface area (Å²) >= 11 is 0. The van der Waals surface area contributed by atoms with Crippen molar-refractivity contribution in [1.82, 2.24) is 4.72 Å². The molecule has 0 saturated heterocycles. The maximum Gasteiger partial charge on any atom is 0.214 e. The monoisotopic (exact) mass is 282 g/mol. The molecule has 0 saturated carbocycles. The molecular formula is C13H18N2O3S. The minimum Gasteiger partial charge on any atom is -0.384 e. The van der Waals surface area contributed by atoms with Gasteiger partial charge in [-0.2, -0.15) is 0 Å². The molecule has 0 amide bonds. The average Bonchev–Trinajstić information content (AvgIpc) is 2.41. The van der Waals surface area contributed by atoms with Gasteiger partial charge in [-0.05, 0) is 11.6 Å². The van der Waals surface area contributed by atoms with E-state index in [9.17, 15) is 8.42 Å². The van der Waals surface area contributed by atoms with Crippen LogP contribution < -0.4 is 10.5 Å². The predicted octanol–water partition coefficient (Wildman–Crippen LogP) is 0.0626. The smallest absolute Gasteiger partial charge is 0.214 e. The zero-order valence-corrected chi connectivity index (χ0v) is 11.7. The van der Waals surface area contributed by atoms with Crippen LogP contribution in [0.5, 0.6) is 0 Å². The highest BCUT2D eigenvalue weighted by atomic mass is 32.2. The van der Waals surface area contributed by atoms with E-state index < -0.39 is 10.0 Å². The van der Waals surface area contributed by atoms with Crippen molar-refractivity contribution < 1.29 is 13.2 Å². The number of benzene rings is 1. The number of rotatable bonds is 6. The number of methoxy groups -OCH3 is 1. The summed E-state index contributed by atoms with van der Waals surface area (Å²) in [5, 5.41) is 0. The number of nitrogens with two attached hydrogens (primary N) is 1. The second-order valence-electron chi connectivity index (χ2n) is 3.80. The molecule has 0 aliphatic heterocycles. The van der Waals surface area contributed by atoms with Gasteiger partial charge in [-0.3, -0.25) is 0 Å². The first-order valence-corrected chi connectivity index (χ1v) is 7.47. The Bertz CT molecular complexity index is 559. The highest BCUT2D eigenvalue weighted by molar-refractivity contribution is 7.89. The Morgan fingerprint density at radius 1 is 1.37 bits per heavy atom. The summed E-state index contributed by atoms with van der Waals surface area (Å²) in [6.07, 6.45) is 0. The van der Waals surface area contributed by atoms with Gasteiger partial charge in [0.15, 0.2) is 0 Å². The molecule has 0 radical (unpaired) electrons. The van der Waals surface area contributed by atoms with Crippen molar-refractivity contribution >= 4 is 10.0 Å². The lowest BCUT2D eigenvalue weighted by atomic mass is 10.1. The van der Waals surface area contributed by atoms with Gasteiger partial charge in [0, 0.05) is 19.2 Å². The Morgan fingerprint density at radius 2 is 2.11 bits per heavy atom. The van der Waals surface area contributed by atoms with E-state index in [1.54, 1.807) is 0 Å². The van der Waals surface area contributed by atoms with E-state index in [0.717, 1.165) is 11.1 Å². The second kappa shape index (κ2) is 7.92. The van der Waals surface area contributed by atoms with Crippen LogP contribution in [0.4, 0.5) is 0 Å². The molecule has 0 fully saturated rings. The minimum atomic E-state index is -3.33. The third kappa shape index (κ3) is 5.85. The third-order valence-electron chi connectivity index (χ3n) is 2.38. The summed E-state index contributed by atoms with van der Waals surface area (Å²) in [7, 11) is -1.86. The molecule has 0 atom stereocenters. The van der Waals surface area contributed by atoms with E-state index in [1.165, 1.54) is 7.11 Å². The molecule has 1 aromatic rings. The van der Waals surface area contributed by atoms with E-state index in [0.29, 0.717) is 0 Å². The highest BCUT2D eigenvalue weighted by Gasteiger charge is 2.10. The number of hydrogen-bond donors (Lipinski definition) is 2. The lowest BCUT2D eigenvalue weighted by Gasteiger charge is -2.07. The molecule has 0 bridgehead atoms. The van der Waals surface area contributed by atoms with Crippen molar-refractivity contribution in [2.75, 3.05) is 26.0 Å². The van der Waals surface area contributed by atoms with E-state index in [1.807, 2.05) is 24.3 Å². The van der Waals surface area contributed by atoms with Crippen molar-refractivity contribution in [2.45, 2.75) is 6.54 Å². The molecule has 0 unspecified atom stereocenters. The standard InChI is InChI=1S/C13H18N2O3S/c1-18-9-10-19(16,17)15-11-13-6-3-2-5-12(13)7-4-8-14/h2-3,5-6,15H,8-11,14H2,1H3. The topological polar surface area (TPSA) is 81.4 Å². The van der Waals surface area contributed by atoms with Gasteiger partial charge in [-0.15, -0.1) is 0 Å². The molecule has 0 aliphatic carbocycles. The number of hydrogen-bond acceptors (Lipinski definition) is 4. The zero-order chi connectivity index (χ0) is 14.1. The second-order valence-corrected chi connectivity index (χ2v) is 5.72. The van der Waals surface area contributed by atoms with Crippen LogP contribution in [-0.4, -0.2) is 34.4 Å². The molecule has 1 rings (SSSR count). The summed E-state index contributed by atoms with van der Waals surface area (Å²) in [5.74, 6) is 5.62. The summed E-state index contributed by atoms with van der Waals surface area (Å²) in [6.45, 7) is 0.652. The van der Waals surface area contributed by atoms with Gasteiger partial charge in [0.25, 0.3) is 0 Å². The average molecular weight is 282 g/mol. The van der Waals surface area contributed by atoms with Crippen molar-refractivity contribution in [1.29, 1.82) is 0 Å². The number of nitrogens with one attached hydrogen (secondary N) is 1. The quantitative estimate of drug-likeness (QED) is 0.723. The first kappa shape index (κ1) is 15.7. The zero-order valence-electron chi connectivity index (χ0n) is 10.8. The van der Waals surface area contributed by atoms with E-state index in [-0.39, 0.29) is 25.4 Å². The first-order chi connectivity index (χ1) is 9.09. The number of ether oxygens (including phenoxy) is 1. The van der Waals surface area contributed by atoms with Gasteiger partial charge in [0.2, 0.25) is 10.0 Å². The fourth-order valence-corrected chi connectivity index (χ4v) is 2.30. The molecule has 5 nitrogen and oxygen atoms in total. The molecule has 0 aromatic heterocycles. The molecule has 0 spiro atoms. The third-order valence-corrected chi connectivity index (χ3v) is 3.67. The van der Waals surface area contributed by atoms with Gasteiger partial charge >= 0.3 is 0 Å². The van der Waals surface area contributed by atoms with Crippen LogP contribution in [0.25, 0.3) is 0 Å². The lowest BCUT2D eigenvalue weighted by molar-refractivity contribution is 0.217. The Labute approximate surface area is 114 Å². The predicted molar refractivity (Wildman–Crippen MR) is 74.9 cm³/mol. The van der Waals surface area contributed by atoms with Crippen molar-refractivity contribution in [3.8, 4) is 11.8 Å². The molecule has 0 aliphatic rings. The van der Waals surface area contributed by atoms with Gasteiger partial charge in [-0.1, -0.05) is 30.0 Å². The van der Waals surface area contributed by atoms with Gasteiger partial charge < -0.3 is 10.5 Å². The maximum absolute atomic E-state index is 11.6. The van der Waals surface area contributed by atoms with Crippen molar-refractivity contribution in [2.24, 2.45) is 5.73 Å². The lowest BCUT2D eigenvalue weighted by Crippen LogP contribution is -2.28. The largest absolute Gasteiger partial charge is 0.384 e. The summed E-state index contributed by atoms with van der Waals surface area (Å²) in [4.78, 5) is 0. The van der Waals surface area contributed by atoms with Crippen molar-refractivity contribution in [3.63, 3.8) is 0 Å². The van der Waals surface area contributed by atoms with E-state index >= 15 is 0 Å². The van der Waals surface area contributed by atoms with Crippen LogP contribution in [-0.2, 0) is 21.3 Å². The van der Waals surface area contributed by atoms with Gasteiger partial charge in [0.1, 0.15) is 0 Å². The fourth-order valence-electron chi connectivity index (χ4n) is 1.40. The van der Waals surface area contributed by atoms with Crippen LogP contribution in [0.15, 0.2) is 24.3 Å². The Morgan fingerprint density at radius 3 is 2.79 bits per heavy atom. The van der Waals surface area contributed by atoms with E-state index in [2.05, 4.69) is 16.6 Å². The molecule has 19 heavy (non-hydrogen) atoms. The van der Waals surface area contributed by atoms with Crippen LogP contribution in [0.1, 0.15) is 11.1 Å². The molecule has 104 valence electrons. The summed E-state index contributed by atoms with van der Waals surface area (Å²) in [5.41, 5.74) is 6.93. The molecule has 0 heterocycles. The molecule has 1 aromatic carbocycles. The normalized spacial score (nSPS) is 10.8.